The van der Waals surface area contributed by atoms with Crippen LogP contribution >= 0.6 is 0 Å². The minimum atomic E-state index is -1.03. The molecule has 3 heteroatoms. The number of hydrogen-bond donors (Lipinski definition) is 2. The summed E-state index contributed by atoms with van der Waals surface area (Å²) in [5, 5.41) is 12.2. The van der Waals surface area contributed by atoms with Crippen molar-refractivity contribution < 1.29 is 9.90 Å². The molecule has 37 heavy (non-hydrogen) atoms. The van der Waals surface area contributed by atoms with Crippen LogP contribution in [0.15, 0.2) is 78.9 Å². The third kappa shape index (κ3) is 4.64. The number of fused-ring (bicyclic) bond motifs is 2. The molecular formula is C34H37NO2. The van der Waals surface area contributed by atoms with E-state index in [0.717, 1.165) is 23.2 Å². The molecule has 3 nitrogen and oxygen atoms in total. The van der Waals surface area contributed by atoms with E-state index in [1.54, 1.807) is 19.1 Å². The van der Waals surface area contributed by atoms with Crippen LogP contribution in [0.3, 0.4) is 0 Å². The van der Waals surface area contributed by atoms with Crippen LogP contribution in [0.2, 0.25) is 0 Å². The van der Waals surface area contributed by atoms with Gasteiger partial charge in [0.15, 0.2) is 0 Å². The third-order valence-corrected chi connectivity index (χ3v) is 8.51. The number of hydrogen-bond acceptors (Lipinski definition) is 2. The molecule has 3 aromatic rings. The van der Waals surface area contributed by atoms with Gasteiger partial charge in [-0.15, -0.1) is 0 Å². The number of allylic oxidation sites excluding steroid dienone is 4. The zero-order valence-corrected chi connectivity index (χ0v) is 22.6. The van der Waals surface area contributed by atoms with Gasteiger partial charge in [-0.3, -0.25) is 4.79 Å². The van der Waals surface area contributed by atoms with E-state index in [9.17, 15) is 9.90 Å². The number of rotatable bonds is 4. The maximum absolute atomic E-state index is 11.9. The van der Waals surface area contributed by atoms with E-state index >= 15 is 0 Å². The Bertz CT molecular complexity index is 1480. The largest absolute Gasteiger partial charge is 0.480 e. The molecule has 3 N–H and O–H groups in total. The lowest BCUT2D eigenvalue weighted by Crippen LogP contribution is -2.33. The zero-order valence-electron chi connectivity index (χ0n) is 22.6. The molecule has 0 aromatic heterocycles. The summed E-state index contributed by atoms with van der Waals surface area (Å²) < 4.78 is 0. The highest BCUT2D eigenvalue weighted by Gasteiger charge is 2.37. The van der Waals surface area contributed by atoms with Crippen molar-refractivity contribution in [3.63, 3.8) is 0 Å². The van der Waals surface area contributed by atoms with Crippen molar-refractivity contribution >= 4 is 28.0 Å². The van der Waals surface area contributed by atoms with Crippen LogP contribution in [0.5, 0.6) is 0 Å². The maximum Gasteiger partial charge on any atom is 0.317 e. The van der Waals surface area contributed by atoms with Crippen molar-refractivity contribution in [1.82, 2.24) is 0 Å². The second kappa shape index (κ2) is 8.76. The summed E-state index contributed by atoms with van der Waals surface area (Å²) in [6.07, 6.45) is 12.5. The molecular weight excluding hydrogens is 454 g/mol. The van der Waals surface area contributed by atoms with Gasteiger partial charge in [0, 0.05) is 5.69 Å². The fraction of sp³-hybridized carbons (Fsp3) is 0.324. The predicted octanol–water partition coefficient (Wildman–Crippen LogP) is 7.96. The van der Waals surface area contributed by atoms with Crippen molar-refractivity contribution in [3.8, 4) is 0 Å². The van der Waals surface area contributed by atoms with Crippen LogP contribution in [0, 0.1) is 5.41 Å². The standard InChI is InChI=1S/C34H37NO2/c1-32(2)15-16-33(3,4)30-21-25-19-28(23-7-6-13-34(5,14-12-23)31(36)37)26(18-24(25)20-29(30)32)17-22-8-10-27(35)11-9-22/h6-14,18-21H,15-17,35H2,1-5H3,(H,36,37). The second-order valence-corrected chi connectivity index (χ2v) is 12.3. The van der Waals surface area contributed by atoms with Gasteiger partial charge in [-0.05, 0) is 99.4 Å². The van der Waals surface area contributed by atoms with Crippen LogP contribution in [-0.2, 0) is 22.0 Å². The van der Waals surface area contributed by atoms with Gasteiger partial charge >= 0.3 is 5.97 Å². The minimum Gasteiger partial charge on any atom is -0.480 e. The molecule has 0 aliphatic heterocycles. The second-order valence-electron chi connectivity index (χ2n) is 12.3. The monoisotopic (exact) mass is 491 g/mol. The van der Waals surface area contributed by atoms with Crippen molar-refractivity contribution in [2.75, 3.05) is 5.73 Å². The summed E-state index contributed by atoms with van der Waals surface area (Å²) in [6.45, 7) is 11.2. The van der Waals surface area contributed by atoms with Gasteiger partial charge in [0.05, 0.1) is 0 Å². The highest BCUT2D eigenvalue weighted by Crippen LogP contribution is 2.47. The van der Waals surface area contributed by atoms with Crippen LogP contribution in [-0.4, -0.2) is 11.1 Å². The summed E-state index contributed by atoms with van der Waals surface area (Å²) in [5.41, 5.74) is 13.4. The van der Waals surface area contributed by atoms with Crippen molar-refractivity contribution in [2.24, 2.45) is 5.41 Å². The molecule has 0 amide bonds. The highest BCUT2D eigenvalue weighted by atomic mass is 16.4. The van der Waals surface area contributed by atoms with Gasteiger partial charge in [-0.2, -0.15) is 0 Å². The van der Waals surface area contributed by atoms with Gasteiger partial charge in [0.2, 0.25) is 0 Å². The smallest absolute Gasteiger partial charge is 0.317 e. The molecule has 0 spiro atoms. The molecule has 1 unspecified atom stereocenters. The first-order valence-corrected chi connectivity index (χ1v) is 13.2. The normalized spacial score (nSPS) is 21.8. The third-order valence-electron chi connectivity index (χ3n) is 8.51. The molecule has 0 radical (unpaired) electrons. The number of carbonyl (C=O) groups is 1. The zero-order chi connectivity index (χ0) is 26.6. The van der Waals surface area contributed by atoms with Gasteiger partial charge in [0.25, 0.3) is 0 Å². The van der Waals surface area contributed by atoms with E-state index in [4.69, 9.17) is 5.73 Å². The van der Waals surface area contributed by atoms with E-state index in [1.807, 2.05) is 30.4 Å². The minimum absolute atomic E-state index is 0.134. The summed E-state index contributed by atoms with van der Waals surface area (Å²) in [4.78, 5) is 11.9. The Kier molecular flexibility index (Phi) is 5.94. The van der Waals surface area contributed by atoms with E-state index in [-0.39, 0.29) is 10.8 Å². The van der Waals surface area contributed by atoms with Crippen molar-refractivity contribution in [3.05, 3.63) is 107 Å². The molecule has 5 rings (SSSR count). The molecule has 2 aliphatic rings. The average Bonchev–Trinajstić information content (AvgIpc) is 3.05. The molecule has 190 valence electrons. The molecule has 1 atom stereocenters. The van der Waals surface area contributed by atoms with Crippen molar-refractivity contribution in [2.45, 2.75) is 64.7 Å². The Hall–Kier alpha value is -3.59. The number of nitrogens with two attached hydrogens (primary N) is 1. The quantitative estimate of drug-likeness (QED) is 0.364. The fourth-order valence-electron chi connectivity index (χ4n) is 5.73. The van der Waals surface area contributed by atoms with Crippen LogP contribution in [0.1, 0.15) is 75.3 Å². The van der Waals surface area contributed by atoms with Crippen LogP contribution in [0.25, 0.3) is 16.3 Å². The summed E-state index contributed by atoms with van der Waals surface area (Å²) >= 11 is 0. The van der Waals surface area contributed by atoms with Gasteiger partial charge in [-0.25, -0.2) is 0 Å². The Morgan fingerprint density at radius 3 is 2.05 bits per heavy atom. The molecule has 0 bridgehead atoms. The predicted molar refractivity (Wildman–Crippen MR) is 155 cm³/mol. The molecule has 2 aliphatic carbocycles. The number of carboxylic acid groups (broad SMARTS) is 1. The summed E-state index contributed by atoms with van der Waals surface area (Å²) in [5.74, 6) is -0.855. The number of aliphatic carboxylic acids is 1. The highest BCUT2D eigenvalue weighted by molar-refractivity contribution is 5.92. The number of carboxylic acids is 1. The first-order valence-electron chi connectivity index (χ1n) is 13.2. The summed E-state index contributed by atoms with van der Waals surface area (Å²) in [7, 11) is 0. The maximum atomic E-state index is 11.9. The molecule has 0 fully saturated rings. The van der Waals surface area contributed by atoms with E-state index < -0.39 is 11.4 Å². The van der Waals surface area contributed by atoms with Crippen molar-refractivity contribution in [1.29, 1.82) is 0 Å². The molecule has 0 saturated carbocycles. The van der Waals surface area contributed by atoms with E-state index in [2.05, 4.69) is 64.1 Å². The van der Waals surface area contributed by atoms with Crippen LogP contribution < -0.4 is 5.73 Å². The fourth-order valence-corrected chi connectivity index (χ4v) is 5.73. The van der Waals surface area contributed by atoms with Gasteiger partial charge < -0.3 is 10.8 Å². The number of benzene rings is 3. The lowest BCUT2D eigenvalue weighted by molar-refractivity contribution is -0.142. The Morgan fingerprint density at radius 1 is 0.865 bits per heavy atom. The van der Waals surface area contributed by atoms with Crippen LogP contribution in [0.4, 0.5) is 5.69 Å². The Morgan fingerprint density at radius 2 is 1.46 bits per heavy atom. The first kappa shape index (κ1) is 25.1. The van der Waals surface area contributed by atoms with Gasteiger partial charge in [-0.1, -0.05) is 88.4 Å². The first-order chi connectivity index (χ1) is 17.4. The average molecular weight is 492 g/mol. The number of nitrogen functional groups attached to an aromatic ring is 1. The molecule has 3 aromatic carbocycles. The molecule has 0 heterocycles. The topological polar surface area (TPSA) is 63.3 Å². The van der Waals surface area contributed by atoms with E-state index in [0.29, 0.717) is 0 Å². The van der Waals surface area contributed by atoms with Gasteiger partial charge in [0.1, 0.15) is 5.41 Å². The summed E-state index contributed by atoms with van der Waals surface area (Å²) in [6, 6.07) is 17.5. The Balaban J connectivity index is 1.71. The Labute approximate surface area is 220 Å². The lowest BCUT2D eigenvalue weighted by atomic mass is 9.62. The molecule has 0 saturated heterocycles. The van der Waals surface area contributed by atoms with E-state index in [1.165, 1.54) is 45.9 Å². The lowest BCUT2D eigenvalue weighted by Gasteiger charge is -2.42. The SMILES string of the molecule is CC1(C(=O)O)C=CC=C(c2cc3cc4c(cc3cc2Cc2ccc(N)cc2)C(C)(C)CCC4(C)C)C=C1. The number of anilines is 1.